The molecule has 0 saturated heterocycles. The van der Waals surface area contributed by atoms with Gasteiger partial charge in [0.1, 0.15) is 0 Å². The Bertz CT molecular complexity index is 640. The van der Waals surface area contributed by atoms with Crippen LogP contribution in [0.4, 0.5) is 0 Å². The van der Waals surface area contributed by atoms with Crippen LogP contribution in [0, 0.1) is 6.92 Å². The van der Waals surface area contributed by atoms with Gasteiger partial charge in [-0.05, 0) is 30.6 Å². The Morgan fingerprint density at radius 3 is 2.89 bits per heavy atom. The minimum atomic E-state index is -0.0643. The van der Waals surface area contributed by atoms with E-state index in [1.165, 1.54) is 16.2 Å². The van der Waals surface area contributed by atoms with E-state index in [2.05, 4.69) is 20.6 Å². The fraction of sp³-hybridized carbons (Fsp3) is 0.250. The zero-order valence-corrected chi connectivity index (χ0v) is 11.5. The fourth-order valence-electron chi connectivity index (χ4n) is 1.87. The molecule has 4 nitrogen and oxygen atoms in total. The van der Waals surface area contributed by atoms with Crippen LogP contribution in [-0.4, -0.2) is 14.6 Å². The van der Waals surface area contributed by atoms with Crippen molar-refractivity contribution >= 4 is 33.1 Å². The maximum atomic E-state index is 6.19. The first kappa shape index (κ1) is 11.7. The molecular weight excluding hydrogens is 264 g/mol. The summed E-state index contributed by atoms with van der Waals surface area (Å²) in [4.78, 5) is 5.64. The van der Waals surface area contributed by atoms with Crippen LogP contribution in [0.25, 0.3) is 10.2 Å². The van der Waals surface area contributed by atoms with Gasteiger partial charge in [0.05, 0.1) is 25.8 Å². The predicted octanol–water partition coefficient (Wildman–Crippen LogP) is 2.70. The van der Waals surface area contributed by atoms with E-state index in [4.69, 9.17) is 5.73 Å². The number of nitrogens with two attached hydrogens (primary N) is 1. The highest BCUT2D eigenvalue weighted by Gasteiger charge is 2.15. The molecule has 0 amide bonds. The number of thiazole rings is 1. The molecule has 18 heavy (non-hydrogen) atoms. The lowest BCUT2D eigenvalue weighted by Gasteiger charge is -2.06. The number of nitrogens with zero attached hydrogens (tertiary/aromatic N) is 3. The van der Waals surface area contributed by atoms with Crippen molar-refractivity contribution in [1.82, 2.24) is 14.6 Å². The van der Waals surface area contributed by atoms with Crippen LogP contribution in [0.1, 0.15) is 21.6 Å². The summed E-state index contributed by atoms with van der Waals surface area (Å²) in [6, 6.07) is 8.08. The van der Waals surface area contributed by atoms with Crippen LogP contribution in [0.3, 0.4) is 0 Å². The Morgan fingerprint density at radius 2 is 2.17 bits per heavy atom. The molecule has 1 unspecified atom stereocenters. The van der Waals surface area contributed by atoms with Crippen molar-refractivity contribution in [3.63, 3.8) is 0 Å². The van der Waals surface area contributed by atoms with E-state index in [1.807, 2.05) is 25.1 Å². The molecule has 0 fully saturated rings. The Kier molecular flexibility index (Phi) is 3.07. The van der Waals surface area contributed by atoms with Gasteiger partial charge in [-0.1, -0.05) is 16.6 Å². The summed E-state index contributed by atoms with van der Waals surface area (Å²) in [6.45, 7) is 1.94. The van der Waals surface area contributed by atoms with E-state index in [9.17, 15) is 0 Å². The van der Waals surface area contributed by atoms with E-state index in [0.29, 0.717) is 0 Å². The molecule has 0 aliphatic carbocycles. The Labute approximate surface area is 113 Å². The SMILES string of the molecule is Cc1nnsc1C(N)Cc1nc2ccccc2s1. The molecule has 1 atom stereocenters. The molecule has 2 N–H and O–H groups in total. The van der Waals surface area contributed by atoms with Gasteiger partial charge < -0.3 is 5.73 Å². The minimum Gasteiger partial charge on any atom is -0.323 e. The van der Waals surface area contributed by atoms with Crippen LogP contribution in [-0.2, 0) is 6.42 Å². The van der Waals surface area contributed by atoms with Crippen molar-refractivity contribution in [3.8, 4) is 0 Å². The summed E-state index contributed by atoms with van der Waals surface area (Å²) in [6.07, 6.45) is 0.740. The van der Waals surface area contributed by atoms with Crippen molar-refractivity contribution in [3.05, 3.63) is 39.8 Å². The average Bonchev–Trinajstić information content (AvgIpc) is 2.94. The van der Waals surface area contributed by atoms with Gasteiger partial charge >= 0.3 is 0 Å². The normalized spacial score (nSPS) is 13.0. The summed E-state index contributed by atoms with van der Waals surface area (Å²) < 4.78 is 5.13. The highest BCUT2D eigenvalue weighted by molar-refractivity contribution is 7.18. The summed E-state index contributed by atoms with van der Waals surface area (Å²) in [5.74, 6) is 0. The molecule has 2 aromatic heterocycles. The topological polar surface area (TPSA) is 64.7 Å². The average molecular weight is 276 g/mol. The smallest absolute Gasteiger partial charge is 0.0957 e. The lowest BCUT2D eigenvalue weighted by atomic mass is 10.2. The number of hydrogen-bond acceptors (Lipinski definition) is 6. The molecule has 0 radical (unpaired) electrons. The van der Waals surface area contributed by atoms with Crippen LogP contribution in [0.5, 0.6) is 0 Å². The molecule has 0 saturated carbocycles. The second kappa shape index (κ2) is 4.72. The van der Waals surface area contributed by atoms with E-state index >= 15 is 0 Å². The van der Waals surface area contributed by atoms with Crippen molar-refractivity contribution < 1.29 is 0 Å². The van der Waals surface area contributed by atoms with Gasteiger partial charge in [0.15, 0.2) is 0 Å². The second-order valence-electron chi connectivity index (χ2n) is 4.11. The molecular formula is C12H12N4S2. The van der Waals surface area contributed by atoms with E-state index in [1.54, 1.807) is 11.3 Å². The largest absolute Gasteiger partial charge is 0.323 e. The Balaban J connectivity index is 1.86. The molecule has 92 valence electrons. The van der Waals surface area contributed by atoms with Crippen molar-refractivity contribution in [2.24, 2.45) is 5.73 Å². The zero-order valence-electron chi connectivity index (χ0n) is 9.83. The number of aromatic nitrogens is 3. The van der Waals surface area contributed by atoms with Crippen LogP contribution in [0.2, 0.25) is 0 Å². The van der Waals surface area contributed by atoms with Gasteiger partial charge in [-0.3, -0.25) is 0 Å². The summed E-state index contributed by atoms with van der Waals surface area (Å²) >= 11 is 3.08. The van der Waals surface area contributed by atoms with Crippen molar-refractivity contribution in [1.29, 1.82) is 0 Å². The van der Waals surface area contributed by atoms with Gasteiger partial charge in [-0.2, -0.15) is 0 Å². The van der Waals surface area contributed by atoms with E-state index in [0.717, 1.165) is 27.5 Å². The van der Waals surface area contributed by atoms with E-state index in [-0.39, 0.29) is 6.04 Å². The van der Waals surface area contributed by atoms with Gasteiger partial charge in [0, 0.05) is 12.5 Å². The molecule has 3 aromatic rings. The quantitative estimate of drug-likeness (QED) is 0.799. The molecule has 0 aliphatic heterocycles. The minimum absolute atomic E-state index is 0.0643. The van der Waals surface area contributed by atoms with Gasteiger partial charge in [0.25, 0.3) is 0 Å². The first-order chi connectivity index (χ1) is 8.74. The van der Waals surface area contributed by atoms with Crippen molar-refractivity contribution in [2.45, 2.75) is 19.4 Å². The van der Waals surface area contributed by atoms with Crippen molar-refractivity contribution in [2.75, 3.05) is 0 Å². The molecule has 0 spiro atoms. The van der Waals surface area contributed by atoms with Crippen LogP contribution >= 0.6 is 22.9 Å². The summed E-state index contributed by atoms with van der Waals surface area (Å²) in [5, 5.41) is 5.06. The first-order valence-corrected chi connectivity index (χ1v) is 7.22. The third-order valence-electron chi connectivity index (χ3n) is 2.76. The maximum absolute atomic E-state index is 6.19. The van der Waals surface area contributed by atoms with Gasteiger partial charge in [0.2, 0.25) is 0 Å². The van der Waals surface area contributed by atoms with Gasteiger partial charge in [-0.25, -0.2) is 4.98 Å². The first-order valence-electron chi connectivity index (χ1n) is 5.63. The predicted molar refractivity (Wildman–Crippen MR) is 74.9 cm³/mol. The van der Waals surface area contributed by atoms with E-state index < -0.39 is 0 Å². The van der Waals surface area contributed by atoms with Crippen LogP contribution < -0.4 is 5.73 Å². The molecule has 1 aromatic carbocycles. The molecule has 0 bridgehead atoms. The standard InChI is InChI=1S/C12H12N4S2/c1-7-12(18-16-15-7)8(13)6-11-14-9-4-2-3-5-10(9)17-11/h2-5,8H,6,13H2,1H3. The molecule has 3 rings (SSSR count). The number of benzene rings is 1. The third-order valence-corrected chi connectivity index (χ3v) is 4.77. The zero-order chi connectivity index (χ0) is 12.5. The number of aryl methyl sites for hydroxylation is 1. The second-order valence-corrected chi connectivity index (χ2v) is 6.01. The number of rotatable bonds is 3. The number of fused-ring (bicyclic) bond motifs is 1. The Morgan fingerprint density at radius 1 is 1.33 bits per heavy atom. The maximum Gasteiger partial charge on any atom is 0.0957 e. The monoisotopic (exact) mass is 276 g/mol. The highest BCUT2D eigenvalue weighted by atomic mass is 32.1. The lowest BCUT2D eigenvalue weighted by molar-refractivity contribution is 0.725. The summed E-state index contributed by atoms with van der Waals surface area (Å²) in [5.41, 5.74) is 8.16. The molecule has 6 heteroatoms. The fourth-order valence-corrected chi connectivity index (χ4v) is 3.53. The van der Waals surface area contributed by atoms with Gasteiger partial charge in [-0.15, -0.1) is 16.4 Å². The lowest BCUT2D eigenvalue weighted by Crippen LogP contribution is -2.12. The number of para-hydroxylation sites is 1. The highest BCUT2D eigenvalue weighted by Crippen LogP contribution is 2.26. The molecule has 0 aliphatic rings. The number of hydrogen-bond donors (Lipinski definition) is 1. The summed E-state index contributed by atoms with van der Waals surface area (Å²) in [7, 11) is 0. The van der Waals surface area contributed by atoms with Crippen LogP contribution in [0.15, 0.2) is 24.3 Å². The Hall–Kier alpha value is -1.37. The third kappa shape index (κ3) is 2.14. The molecule has 2 heterocycles.